The van der Waals surface area contributed by atoms with Crippen LogP contribution in [0.4, 0.5) is 0 Å². The molecule has 2 atom stereocenters. The molecule has 8 nitrogen and oxygen atoms in total. The third-order valence-corrected chi connectivity index (χ3v) is 8.19. The summed E-state index contributed by atoms with van der Waals surface area (Å²) in [5.41, 5.74) is 9.80. The van der Waals surface area contributed by atoms with E-state index < -0.39 is 18.0 Å². The minimum atomic E-state index is -0.867. The number of carbonyl (C=O) groups excluding carboxylic acids is 1. The average molecular weight is 674 g/mol. The fourth-order valence-electron chi connectivity index (χ4n) is 5.11. The van der Waals surface area contributed by atoms with Crippen LogP contribution in [0.5, 0.6) is 28.7 Å². The largest absolute Gasteiger partial charge is 0.490 e. The molecule has 0 aromatic heterocycles. The first-order chi connectivity index (χ1) is 22.6. The van der Waals surface area contributed by atoms with Crippen molar-refractivity contribution in [3.63, 3.8) is 0 Å². The molecule has 0 amide bonds. The van der Waals surface area contributed by atoms with Crippen molar-refractivity contribution in [2.24, 2.45) is 5.73 Å². The lowest BCUT2D eigenvalue weighted by atomic mass is 9.83. The normalized spacial score (nSPS) is 14.5. The minimum Gasteiger partial charge on any atom is -0.490 e. The molecule has 0 fully saturated rings. The number of fused-ring (bicyclic) bond motifs is 1. The smallest absolute Gasteiger partial charge is 0.352 e. The van der Waals surface area contributed by atoms with Crippen LogP contribution >= 0.6 is 23.2 Å². The van der Waals surface area contributed by atoms with Crippen LogP contribution in [0.25, 0.3) is 0 Å². The molecule has 0 radical (unpaired) electrons. The van der Waals surface area contributed by atoms with E-state index in [4.69, 9.17) is 52.6 Å². The molecule has 0 saturated heterocycles. The maximum absolute atomic E-state index is 12.9. The Hall–Kier alpha value is -4.84. The molecule has 47 heavy (non-hydrogen) atoms. The summed E-state index contributed by atoms with van der Waals surface area (Å²) in [7, 11) is 0. The summed E-state index contributed by atoms with van der Waals surface area (Å²) in [4.78, 5) is 12.9. The predicted octanol–water partition coefficient (Wildman–Crippen LogP) is 8.69. The van der Waals surface area contributed by atoms with Gasteiger partial charge in [0.2, 0.25) is 5.88 Å². The number of benzene rings is 4. The van der Waals surface area contributed by atoms with Gasteiger partial charge in [0, 0.05) is 27.2 Å². The molecule has 4 aromatic rings. The lowest BCUT2D eigenvalue weighted by Gasteiger charge is -2.27. The molecule has 1 heterocycles. The minimum absolute atomic E-state index is 0.0503. The van der Waals surface area contributed by atoms with Gasteiger partial charge in [-0.3, -0.25) is 0 Å². The number of allylic oxidation sites excluding steroid dienone is 1. The molecule has 0 bridgehead atoms. The molecule has 10 heteroatoms. The van der Waals surface area contributed by atoms with Crippen LogP contribution in [-0.2, 0) is 11.4 Å². The highest BCUT2D eigenvalue weighted by Gasteiger charge is 2.32. The Morgan fingerprint density at radius 3 is 2.36 bits per heavy atom. The zero-order valence-electron chi connectivity index (χ0n) is 26.4. The van der Waals surface area contributed by atoms with Crippen LogP contribution < -0.4 is 29.4 Å². The molecule has 1 aliphatic rings. The summed E-state index contributed by atoms with van der Waals surface area (Å²) in [5, 5.41) is 11.1. The second-order valence-electron chi connectivity index (χ2n) is 11.2. The first kappa shape index (κ1) is 33.5. The molecule has 5 rings (SSSR count). The number of hydrogen-bond donors (Lipinski definition) is 1. The molecule has 242 valence electrons. The first-order valence-corrected chi connectivity index (χ1v) is 15.9. The van der Waals surface area contributed by atoms with Gasteiger partial charge in [0.15, 0.2) is 17.6 Å². The van der Waals surface area contributed by atoms with Crippen LogP contribution in [0.2, 0.25) is 10.0 Å². The Kier molecular flexibility index (Phi) is 10.5. The van der Waals surface area contributed by atoms with E-state index in [1.807, 2.05) is 43.3 Å². The van der Waals surface area contributed by atoms with E-state index >= 15 is 0 Å². The third kappa shape index (κ3) is 7.76. The van der Waals surface area contributed by atoms with E-state index in [0.29, 0.717) is 51.1 Å². The van der Waals surface area contributed by atoms with Crippen molar-refractivity contribution in [3.05, 3.63) is 123 Å². The number of carbonyl (C=O) groups is 1. The topological polar surface area (TPSA) is 113 Å². The van der Waals surface area contributed by atoms with E-state index in [1.165, 1.54) is 5.56 Å². The zero-order chi connectivity index (χ0) is 33.7. The Morgan fingerprint density at radius 1 is 0.936 bits per heavy atom. The Labute approximate surface area is 284 Å². The van der Waals surface area contributed by atoms with Crippen LogP contribution in [0.3, 0.4) is 0 Å². The van der Waals surface area contributed by atoms with Gasteiger partial charge in [-0.05, 0) is 73.4 Å². The number of rotatable bonds is 11. The number of esters is 1. The molecule has 0 spiro atoms. The highest BCUT2D eigenvalue weighted by Crippen LogP contribution is 2.45. The van der Waals surface area contributed by atoms with Crippen molar-refractivity contribution in [2.45, 2.75) is 52.2 Å². The van der Waals surface area contributed by atoms with E-state index in [0.717, 1.165) is 11.1 Å². The van der Waals surface area contributed by atoms with Crippen molar-refractivity contribution >= 4 is 29.2 Å². The van der Waals surface area contributed by atoms with E-state index in [1.54, 1.807) is 49.4 Å². The summed E-state index contributed by atoms with van der Waals surface area (Å²) in [5.74, 6) is 1.32. The van der Waals surface area contributed by atoms with Gasteiger partial charge in [0.05, 0.1) is 12.5 Å². The predicted molar refractivity (Wildman–Crippen MR) is 180 cm³/mol. The first-order valence-electron chi connectivity index (χ1n) is 15.1. The summed E-state index contributed by atoms with van der Waals surface area (Å²) in [6.07, 6.45) is -0.867. The van der Waals surface area contributed by atoms with Gasteiger partial charge in [-0.2, -0.15) is 5.26 Å². The van der Waals surface area contributed by atoms with Crippen molar-refractivity contribution < 1.29 is 28.5 Å². The molecule has 0 aliphatic carbocycles. The molecule has 0 saturated carbocycles. The van der Waals surface area contributed by atoms with Gasteiger partial charge < -0.3 is 29.4 Å². The monoisotopic (exact) mass is 672 g/mol. The second-order valence-corrected chi connectivity index (χ2v) is 12.0. The van der Waals surface area contributed by atoms with Gasteiger partial charge in [-0.1, -0.05) is 67.4 Å². The molecular weight excluding hydrogens is 639 g/mol. The van der Waals surface area contributed by atoms with Crippen molar-refractivity contribution in [3.8, 4) is 34.8 Å². The Bertz CT molecular complexity index is 1850. The molecule has 1 aliphatic heterocycles. The maximum Gasteiger partial charge on any atom is 0.352 e. The summed E-state index contributed by atoms with van der Waals surface area (Å²) in [6.45, 7) is 8.28. The fourth-order valence-corrected chi connectivity index (χ4v) is 5.57. The zero-order valence-corrected chi connectivity index (χ0v) is 27.9. The van der Waals surface area contributed by atoms with Gasteiger partial charge >= 0.3 is 5.97 Å². The van der Waals surface area contributed by atoms with Gasteiger partial charge in [0.25, 0.3) is 0 Å². The molecule has 4 aromatic carbocycles. The van der Waals surface area contributed by atoms with Crippen LogP contribution in [0.15, 0.2) is 90.3 Å². The molecule has 2 unspecified atom stereocenters. The number of halogens is 2. The SMILES string of the molecule is CCOc1cc(C2C(C#N)=C(N)Oc3cc(OC(=O)C(C)Oc4ccc(C(C)C)cc4)ccc32)ccc1OCc1ccc(Cl)cc1Cl. The number of nitrogens with zero attached hydrogens (tertiary/aromatic N) is 1. The maximum atomic E-state index is 12.9. The van der Waals surface area contributed by atoms with Crippen molar-refractivity contribution in [1.82, 2.24) is 0 Å². The summed E-state index contributed by atoms with van der Waals surface area (Å²) in [6, 6.07) is 25.4. The van der Waals surface area contributed by atoms with Crippen molar-refractivity contribution in [2.75, 3.05) is 6.61 Å². The third-order valence-electron chi connectivity index (χ3n) is 7.60. The Balaban J connectivity index is 1.36. The molecule has 2 N–H and O–H groups in total. The van der Waals surface area contributed by atoms with E-state index in [-0.39, 0.29) is 23.8 Å². The number of nitrogens with two attached hydrogens (primary N) is 1. The fraction of sp³-hybridized carbons (Fsp3) is 0.243. The van der Waals surface area contributed by atoms with E-state index in [9.17, 15) is 10.1 Å². The van der Waals surface area contributed by atoms with Crippen molar-refractivity contribution in [1.29, 1.82) is 5.26 Å². The van der Waals surface area contributed by atoms with Gasteiger partial charge in [0.1, 0.15) is 35.5 Å². The molecular formula is C37H34Cl2N2O6. The van der Waals surface area contributed by atoms with Crippen LogP contribution in [-0.4, -0.2) is 18.7 Å². The highest BCUT2D eigenvalue weighted by atomic mass is 35.5. The number of nitriles is 1. The quantitative estimate of drug-likeness (QED) is 0.124. The number of ether oxygens (including phenoxy) is 5. The van der Waals surface area contributed by atoms with E-state index in [2.05, 4.69) is 19.9 Å². The lowest BCUT2D eigenvalue weighted by molar-refractivity contribution is -0.141. The lowest BCUT2D eigenvalue weighted by Crippen LogP contribution is -2.28. The second kappa shape index (κ2) is 14.7. The summed E-state index contributed by atoms with van der Waals surface area (Å²) >= 11 is 12.4. The standard InChI is InChI=1S/C37H34Cl2N2O6/c1-5-43-34-16-24(9-15-32(34)44-20-25-6-10-26(38)17-31(25)39)35-29-14-13-28(18-33(29)47-36(41)30(35)19-40)46-37(42)22(4)45-27-11-7-23(8-12-27)21(2)3/h6-18,21-22,35H,5,20,41H2,1-4H3. The van der Waals surface area contributed by atoms with Crippen LogP contribution in [0.1, 0.15) is 61.8 Å². The summed E-state index contributed by atoms with van der Waals surface area (Å²) < 4.78 is 29.3. The van der Waals surface area contributed by atoms with Crippen LogP contribution in [0, 0.1) is 11.3 Å². The highest BCUT2D eigenvalue weighted by molar-refractivity contribution is 6.35. The Morgan fingerprint density at radius 2 is 1.68 bits per heavy atom. The average Bonchev–Trinajstić information content (AvgIpc) is 3.04. The number of hydrogen-bond acceptors (Lipinski definition) is 8. The van der Waals surface area contributed by atoms with Gasteiger partial charge in [-0.15, -0.1) is 0 Å². The van der Waals surface area contributed by atoms with Gasteiger partial charge in [-0.25, -0.2) is 4.79 Å².